The molecule has 0 aliphatic carbocycles. The molecule has 10 heavy (non-hydrogen) atoms. The van der Waals surface area contributed by atoms with Crippen LogP contribution >= 0.6 is 0 Å². The maximum absolute atomic E-state index is 3.89. The summed E-state index contributed by atoms with van der Waals surface area (Å²) in [5, 5.41) is 3.06. The molecule has 1 aromatic rings. The van der Waals surface area contributed by atoms with Crippen molar-refractivity contribution in [3.63, 3.8) is 0 Å². The molecule has 0 radical (unpaired) electrons. The first-order chi connectivity index (χ1) is 4.43. The van der Waals surface area contributed by atoms with Gasteiger partial charge in [-0.25, -0.2) is 4.98 Å². The van der Waals surface area contributed by atoms with Gasteiger partial charge >= 0.3 is 0 Å². The predicted octanol–water partition coefficient (Wildman–Crippen LogP) is 0.808. The molecule has 2 N–H and O–H groups in total. The van der Waals surface area contributed by atoms with Crippen molar-refractivity contribution in [2.45, 2.75) is 13.8 Å². The summed E-state index contributed by atoms with van der Waals surface area (Å²) in [7, 11) is 1.94. The third-order valence-electron chi connectivity index (χ3n) is 1.20. The average molecular weight is 141 g/mol. The highest BCUT2D eigenvalue weighted by atomic mass is 14.9. The lowest BCUT2D eigenvalue weighted by atomic mass is 10.3. The van der Waals surface area contributed by atoms with Crippen LogP contribution in [0.4, 0.5) is 0 Å². The molecule has 0 saturated carbocycles. The number of likely N-dealkylation sites (N-methyl/N-ethyl adjacent to an activating group) is 1. The summed E-state index contributed by atoms with van der Waals surface area (Å²) >= 11 is 0. The molecule has 0 fully saturated rings. The Morgan fingerprint density at radius 2 is 2.50 bits per heavy atom. The van der Waals surface area contributed by atoms with Gasteiger partial charge < -0.3 is 10.3 Å². The van der Waals surface area contributed by atoms with Crippen molar-refractivity contribution in [2.75, 3.05) is 13.6 Å². The number of rotatable bonds is 3. The summed E-state index contributed by atoms with van der Waals surface area (Å²) in [5.41, 5.74) is 1.18. The van der Waals surface area contributed by atoms with Crippen LogP contribution in [-0.2, 0) is 6.42 Å². The van der Waals surface area contributed by atoms with E-state index in [-0.39, 0.29) is 7.43 Å². The van der Waals surface area contributed by atoms with Gasteiger partial charge in [0.1, 0.15) is 0 Å². The van der Waals surface area contributed by atoms with Crippen LogP contribution in [-0.4, -0.2) is 23.6 Å². The molecule has 0 atom stereocenters. The van der Waals surface area contributed by atoms with Gasteiger partial charge in [0.05, 0.1) is 6.33 Å². The summed E-state index contributed by atoms with van der Waals surface area (Å²) in [6.45, 7) is 1.00. The zero-order valence-corrected chi connectivity index (χ0v) is 5.52. The number of hydrogen-bond acceptors (Lipinski definition) is 2. The van der Waals surface area contributed by atoms with E-state index in [0.29, 0.717) is 0 Å². The van der Waals surface area contributed by atoms with E-state index in [0.717, 1.165) is 13.0 Å². The molecule has 0 amide bonds. The monoisotopic (exact) mass is 141 g/mol. The summed E-state index contributed by atoms with van der Waals surface area (Å²) in [6, 6.07) is 0. The number of hydrogen-bond donors (Lipinski definition) is 2. The van der Waals surface area contributed by atoms with Gasteiger partial charge in [-0.1, -0.05) is 7.43 Å². The van der Waals surface area contributed by atoms with E-state index in [1.807, 2.05) is 13.2 Å². The molecule has 0 unspecified atom stereocenters. The van der Waals surface area contributed by atoms with Crippen LogP contribution in [0.3, 0.4) is 0 Å². The maximum Gasteiger partial charge on any atom is 0.0921 e. The zero-order valence-electron chi connectivity index (χ0n) is 5.52. The molecule has 0 spiro atoms. The molecule has 0 bridgehead atoms. The Hall–Kier alpha value is -0.830. The first kappa shape index (κ1) is 9.17. The van der Waals surface area contributed by atoms with E-state index in [9.17, 15) is 0 Å². The first-order valence-corrected chi connectivity index (χ1v) is 3.05. The minimum absolute atomic E-state index is 0. The van der Waals surface area contributed by atoms with Crippen molar-refractivity contribution in [2.24, 2.45) is 0 Å². The Kier molecular flexibility index (Phi) is 4.58. The van der Waals surface area contributed by atoms with Crippen LogP contribution in [0.25, 0.3) is 0 Å². The standard InChI is InChI=1S/C6H11N3.CH4/c1-7-3-2-6-4-8-5-9-6;/h4-5,7H,2-3H2,1H3,(H,8,9);1H4. The van der Waals surface area contributed by atoms with Gasteiger partial charge in [0.15, 0.2) is 0 Å². The van der Waals surface area contributed by atoms with E-state index in [1.54, 1.807) is 6.33 Å². The Bertz CT molecular complexity index is 146. The Morgan fingerprint density at radius 3 is 3.00 bits per heavy atom. The summed E-state index contributed by atoms with van der Waals surface area (Å²) in [4.78, 5) is 6.91. The fraction of sp³-hybridized carbons (Fsp3) is 0.571. The van der Waals surface area contributed by atoms with Crippen molar-refractivity contribution in [1.82, 2.24) is 15.3 Å². The number of aromatic nitrogens is 2. The highest BCUT2D eigenvalue weighted by molar-refractivity contribution is 4.94. The summed E-state index contributed by atoms with van der Waals surface area (Å²) in [6.07, 6.45) is 4.57. The largest absolute Gasteiger partial charge is 0.348 e. The topological polar surface area (TPSA) is 40.7 Å². The van der Waals surface area contributed by atoms with Crippen LogP contribution in [0, 0.1) is 0 Å². The Labute approximate surface area is 61.9 Å². The van der Waals surface area contributed by atoms with Crippen LogP contribution in [0.15, 0.2) is 12.5 Å². The molecule has 3 heteroatoms. The fourth-order valence-corrected chi connectivity index (χ4v) is 0.681. The average Bonchev–Trinajstić information content (AvgIpc) is 2.34. The summed E-state index contributed by atoms with van der Waals surface area (Å²) < 4.78 is 0. The number of H-pyrrole nitrogens is 1. The maximum atomic E-state index is 3.89. The Balaban J connectivity index is 0.000000810. The van der Waals surface area contributed by atoms with Crippen LogP contribution in [0.2, 0.25) is 0 Å². The molecule has 0 aromatic carbocycles. The molecule has 0 saturated heterocycles. The van der Waals surface area contributed by atoms with Gasteiger partial charge in [-0.15, -0.1) is 0 Å². The molecule has 1 heterocycles. The van der Waals surface area contributed by atoms with Gasteiger partial charge in [0.2, 0.25) is 0 Å². The second-order valence-electron chi connectivity index (χ2n) is 1.93. The highest BCUT2D eigenvalue weighted by Crippen LogP contribution is 1.89. The highest BCUT2D eigenvalue weighted by Gasteiger charge is 1.89. The SMILES string of the molecule is C.CNCCc1cnc[nH]1. The van der Waals surface area contributed by atoms with Crippen LogP contribution in [0.1, 0.15) is 13.1 Å². The quantitative estimate of drug-likeness (QED) is 0.654. The molecule has 58 valence electrons. The molecular formula is C7H15N3. The molecule has 1 rings (SSSR count). The van der Waals surface area contributed by atoms with Crippen molar-refractivity contribution in [3.8, 4) is 0 Å². The molecular weight excluding hydrogens is 126 g/mol. The molecule has 0 aliphatic heterocycles. The van der Waals surface area contributed by atoms with Crippen molar-refractivity contribution in [3.05, 3.63) is 18.2 Å². The fourth-order valence-electron chi connectivity index (χ4n) is 0.681. The van der Waals surface area contributed by atoms with E-state index in [1.165, 1.54) is 5.69 Å². The van der Waals surface area contributed by atoms with Gasteiger partial charge in [-0.05, 0) is 7.05 Å². The third-order valence-corrected chi connectivity index (χ3v) is 1.20. The predicted molar refractivity (Wildman–Crippen MR) is 42.9 cm³/mol. The van der Waals surface area contributed by atoms with Crippen LogP contribution in [0.5, 0.6) is 0 Å². The normalized spacial score (nSPS) is 8.90. The lowest BCUT2D eigenvalue weighted by Gasteiger charge is -1.93. The second-order valence-corrected chi connectivity index (χ2v) is 1.93. The van der Waals surface area contributed by atoms with Crippen LogP contribution < -0.4 is 5.32 Å². The lowest BCUT2D eigenvalue weighted by Crippen LogP contribution is -2.10. The molecule has 1 aromatic heterocycles. The number of imidazole rings is 1. The first-order valence-electron chi connectivity index (χ1n) is 3.05. The van der Waals surface area contributed by atoms with Gasteiger partial charge in [0.25, 0.3) is 0 Å². The van der Waals surface area contributed by atoms with Crippen molar-refractivity contribution >= 4 is 0 Å². The van der Waals surface area contributed by atoms with E-state index < -0.39 is 0 Å². The molecule has 3 nitrogen and oxygen atoms in total. The Morgan fingerprint density at radius 1 is 1.70 bits per heavy atom. The zero-order chi connectivity index (χ0) is 6.53. The lowest BCUT2D eigenvalue weighted by molar-refractivity contribution is 0.780. The van der Waals surface area contributed by atoms with E-state index in [4.69, 9.17) is 0 Å². The van der Waals surface area contributed by atoms with Gasteiger partial charge in [-0.2, -0.15) is 0 Å². The minimum Gasteiger partial charge on any atom is -0.348 e. The van der Waals surface area contributed by atoms with Gasteiger partial charge in [-0.3, -0.25) is 0 Å². The summed E-state index contributed by atoms with van der Waals surface area (Å²) in [5.74, 6) is 0. The number of aromatic amines is 1. The second kappa shape index (κ2) is 4.99. The van der Waals surface area contributed by atoms with E-state index in [2.05, 4.69) is 15.3 Å². The smallest absolute Gasteiger partial charge is 0.0921 e. The minimum atomic E-state index is 0. The molecule has 0 aliphatic rings. The van der Waals surface area contributed by atoms with Crippen molar-refractivity contribution < 1.29 is 0 Å². The van der Waals surface area contributed by atoms with E-state index >= 15 is 0 Å². The number of nitrogens with zero attached hydrogens (tertiary/aromatic N) is 1. The number of nitrogens with one attached hydrogen (secondary N) is 2. The third kappa shape index (κ3) is 2.64. The van der Waals surface area contributed by atoms with Gasteiger partial charge in [0, 0.05) is 24.9 Å². The van der Waals surface area contributed by atoms with Crippen molar-refractivity contribution in [1.29, 1.82) is 0 Å².